The number of hydrogen-bond donors (Lipinski definition) is 2. The standard InChI is InChI=1S/C5H10N2O.C3H4O2/c1-2-7-4-3-6-5(7)8;1-2-3(4)5/h2-4H2,1H3,(H,6,8);2H,1H2,(H,4,5). The molecule has 0 aromatic heterocycles. The highest BCUT2D eigenvalue weighted by Gasteiger charge is 2.15. The zero-order valence-electron chi connectivity index (χ0n) is 7.62. The first-order chi connectivity index (χ1) is 6.11. The molecule has 2 amide bonds. The lowest BCUT2D eigenvalue weighted by molar-refractivity contribution is -0.131. The Balaban J connectivity index is 0.000000252. The summed E-state index contributed by atoms with van der Waals surface area (Å²) in [6.45, 7) is 7.45. The number of carbonyl (C=O) groups excluding carboxylic acids is 1. The molecule has 1 rings (SSSR count). The number of carbonyl (C=O) groups is 2. The third kappa shape index (κ3) is 4.84. The zero-order chi connectivity index (χ0) is 10.3. The van der Waals surface area contributed by atoms with Crippen molar-refractivity contribution in [2.75, 3.05) is 19.6 Å². The van der Waals surface area contributed by atoms with Gasteiger partial charge in [-0.2, -0.15) is 0 Å². The number of rotatable bonds is 2. The number of carboxylic acid groups (broad SMARTS) is 1. The maximum absolute atomic E-state index is 10.6. The monoisotopic (exact) mass is 186 g/mol. The highest BCUT2D eigenvalue weighted by molar-refractivity contribution is 5.78. The number of aliphatic carboxylic acids is 1. The van der Waals surface area contributed by atoms with E-state index in [-0.39, 0.29) is 6.03 Å². The first kappa shape index (κ1) is 11.5. The molecule has 0 bridgehead atoms. The van der Waals surface area contributed by atoms with Crippen LogP contribution in [0.4, 0.5) is 4.79 Å². The third-order valence-corrected chi connectivity index (χ3v) is 1.50. The van der Waals surface area contributed by atoms with Gasteiger partial charge in [0.15, 0.2) is 0 Å². The second-order valence-electron chi connectivity index (χ2n) is 2.35. The lowest BCUT2D eigenvalue weighted by Crippen LogP contribution is -2.27. The van der Waals surface area contributed by atoms with Gasteiger partial charge in [0.1, 0.15) is 0 Å². The van der Waals surface area contributed by atoms with Crippen LogP contribution in [0.25, 0.3) is 0 Å². The van der Waals surface area contributed by atoms with Gasteiger partial charge < -0.3 is 15.3 Å². The molecule has 2 N–H and O–H groups in total. The third-order valence-electron chi connectivity index (χ3n) is 1.50. The SMILES string of the molecule is C=CC(=O)O.CCN1CCNC1=O. The highest BCUT2D eigenvalue weighted by atomic mass is 16.4. The van der Waals surface area contributed by atoms with Gasteiger partial charge in [0.05, 0.1) is 0 Å². The van der Waals surface area contributed by atoms with Crippen LogP contribution in [-0.2, 0) is 4.79 Å². The predicted molar refractivity (Wildman–Crippen MR) is 48.5 cm³/mol. The minimum Gasteiger partial charge on any atom is -0.478 e. The average molecular weight is 186 g/mol. The Hall–Kier alpha value is -1.52. The number of carboxylic acids is 1. The molecule has 0 spiro atoms. The summed E-state index contributed by atoms with van der Waals surface area (Å²) in [5.41, 5.74) is 0. The largest absolute Gasteiger partial charge is 0.478 e. The highest BCUT2D eigenvalue weighted by Crippen LogP contribution is 1.93. The Morgan fingerprint density at radius 2 is 2.38 bits per heavy atom. The second-order valence-corrected chi connectivity index (χ2v) is 2.35. The van der Waals surface area contributed by atoms with Gasteiger partial charge in [-0.3, -0.25) is 0 Å². The van der Waals surface area contributed by atoms with Crippen LogP contribution in [0.5, 0.6) is 0 Å². The summed E-state index contributed by atoms with van der Waals surface area (Å²) in [6, 6.07) is 0.0764. The number of nitrogens with one attached hydrogen (secondary N) is 1. The van der Waals surface area contributed by atoms with E-state index >= 15 is 0 Å². The minimum atomic E-state index is -0.981. The van der Waals surface area contributed by atoms with Crippen LogP contribution in [0.2, 0.25) is 0 Å². The van der Waals surface area contributed by atoms with Crippen LogP contribution in [0.1, 0.15) is 6.92 Å². The fraction of sp³-hybridized carbons (Fsp3) is 0.500. The molecular formula is C8H14N2O3. The van der Waals surface area contributed by atoms with Crippen LogP contribution in [0.3, 0.4) is 0 Å². The lowest BCUT2D eigenvalue weighted by Gasteiger charge is -2.08. The van der Waals surface area contributed by atoms with Gasteiger partial charge >= 0.3 is 12.0 Å². The first-order valence-corrected chi connectivity index (χ1v) is 4.00. The molecule has 0 radical (unpaired) electrons. The molecule has 1 saturated heterocycles. The van der Waals surface area contributed by atoms with E-state index in [2.05, 4.69) is 11.9 Å². The van der Waals surface area contributed by atoms with Gasteiger partial charge in [0.25, 0.3) is 0 Å². The molecular weight excluding hydrogens is 172 g/mol. The topological polar surface area (TPSA) is 69.6 Å². The molecule has 1 aliphatic heterocycles. The number of hydrogen-bond acceptors (Lipinski definition) is 2. The van der Waals surface area contributed by atoms with Crippen molar-refractivity contribution in [3.05, 3.63) is 12.7 Å². The minimum absolute atomic E-state index is 0.0764. The Labute approximate surface area is 77.0 Å². The van der Waals surface area contributed by atoms with Crippen LogP contribution < -0.4 is 5.32 Å². The van der Waals surface area contributed by atoms with Crippen LogP contribution in [-0.4, -0.2) is 41.6 Å². The van der Waals surface area contributed by atoms with E-state index in [9.17, 15) is 9.59 Å². The summed E-state index contributed by atoms with van der Waals surface area (Å²) in [4.78, 5) is 21.6. The van der Waals surface area contributed by atoms with Gasteiger partial charge in [-0.05, 0) is 6.92 Å². The van der Waals surface area contributed by atoms with Crippen molar-refractivity contribution in [3.8, 4) is 0 Å². The van der Waals surface area contributed by atoms with Crippen molar-refractivity contribution in [2.24, 2.45) is 0 Å². The molecule has 5 nitrogen and oxygen atoms in total. The molecule has 0 aromatic rings. The fourth-order valence-corrected chi connectivity index (χ4v) is 0.813. The van der Waals surface area contributed by atoms with Gasteiger partial charge in [-0.1, -0.05) is 6.58 Å². The molecule has 13 heavy (non-hydrogen) atoms. The quantitative estimate of drug-likeness (QED) is 0.609. The Kier molecular flexibility index (Phi) is 5.34. The number of urea groups is 1. The maximum Gasteiger partial charge on any atom is 0.327 e. The number of nitrogens with zero attached hydrogens (tertiary/aromatic N) is 1. The van der Waals surface area contributed by atoms with Crippen molar-refractivity contribution < 1.29 is 14.7 Å². The second kappa shape index (κ2) is 6.05. The van der Waals surface area contributed by atoms with Crippen molar-refractivity contribution in [1.29, 1.82) is 0 Å². The summed E-state index contributed by atoms with van der Waals surface area (Å²) in [5.74, 6) is -0.981. The molecule has 1 aliphatic rings. The number of amides is 2. The van der Waals surface area contributed by atoms with E-state index in [4.69, 9.17) is 5.11 Å². The van der Waals surface area contributed by atoms with Crippen molar-refractivity contribution in [2.45, 2.75) is 6.92 Å². The van der Waals surface area contributed by atoms with Gasteiger partial charge in [-0.15, -0.1) is 0 Å². The molecule has 0 aliphatic carbocycles. The smallest absolute Gasteiger partial charge is 0.327 e. The van der Waals surface area contributed by atoms with Crippen molar-refractivity contribution in [1.82, 2.24) is 10.2 Å². The number of likely N-dealkylation sites (N-methyl/N-ethyl adjacent to an activating group) is 1. The summed E-state index contributed by atoms with van der Waals surface area (Å²) in [6.07, 6.45) is 0.833. The Morgan fingerprint density at radius 1 is 1.85 bits per heavy atom. The average Bonchev–Trinajstić information content (AvgIpc) is 2.52. The van der Waals surface area contributed by atoms with Crippen LogP contribution >= 0.6 is 0 Å². The summed E-state index contributed by atoms with van der Waals surface area (Å²) in [7, 11) is 0. The summed E-state index contributed by atoms with van der Waals surface area (Å²) < 4.78 is 0. The predicted octanol–water partition coefficient (Wildman–Crippen LogP) is 0.289. The zero-order valence-corrected chi connectivity index (χ0v) is 7.62. The molecule has 0 atom stereocenters. The van der Waals surface area contributed by atoms with Crippen LogP contribution in [0, 0.1) is 0 Å². The van der Waals surface area contributed by atoms with E-state index in [0.717, 1.165) is 25.7 Å². The molecule has 5 heteroatoms. The molecule has 0 saturated carbocycles. The van der Waals surface area contributed by atoms with Crippen molar-refractivity contribution in [3.63, 3.8) is 0 Å². The van der Waals surface area contributed by atoms with Gasteiger partial charge in [-0.25, -0.2) is 9.59 Å². The fourth-order valence-electron chi connectivity index (χ4n) is 0.813. The molecule has 0 aromatic carbocycles. The van der Waals surface area contributed by atoms with Gasteiger partial charge in [0, 0.05) is 25.7 Å². The van der Waals surface area contributed by atoms with E-state index in [1.54, 1.807) is 4.90 Å². The summed E-state index contributed by atoms with van der Waals surface area (Å²) >= 11 is 0. The van der Waals surface area contributed by atoms with E-state index in [1.165, 1.54) is 0 Å². The van der Waals surface area contributed by atoms with Gasteiger partial charge in [0.2, 0.25) is 0 Å². The lowest BCUT2D eigenvalue weighted by atomic mass is 10.6. The molecule has 1 heterocycles. The Morgan fingerprint density at radius 3 is 2.54 bits per heavy atom. The molecule has 0 unspecified atom stereocenters. The molecule has 1 fully saturated rings. The maximum atomic E-state index is 10.6. The van der Waals surface area contributed by atoms with E-state index in [1.807, 2.05) is 6.92 Å². The summed E-state index contributed by atoms with van der Waals surface area (Å²) in [5, 5.41) is 10.3. The van der Waals surface area contributed by atoms with E-state index < -0.39 is 5.97 Å². The normalized spacial score (nSPS) is 14.2. The first-order valence-electron chi connectivity index (χ1n) is 4.00. The van der Waals surface area contributed by atoms with Crippen molar-refractivity contribution >= 4 is 12.0 Å². The van der Waals surface area contributed by atoms with E-state index in [0.29, 0.717) is 0 Å². The van der Waals surface area contributed by atoms with Crippen LogP contribution in [0.15, 0.2) is 12.7 Å². The molecule has 74 valence electrons. The Bertz CT molecular complexity index is 204.